The maximum absolute atomic E-state index is 5.38. The van der Waals surface area contributed by atoms with E-state index in [1.165, 1.54) is 19.3 Å². The van der Waals surface area contributed by atoms with Crippen molar-refractivity contribution in [2.75, 3.05) is 25.5 Å². The Morgan fingerprint density at radius 3 is 3.14 bits per heavy atom. The van der Waals surface area contributed by atoms with E-state index >= 15 is 0 Å². The summed E-state index contributed by atoms with van der Waals surface area (Å²) in [7, 11) is 1.70. The van der Waals surface area contributed by atoms with Crippen molar-refractivity contribution in [1.29, 1.82) is 0 Å². The van der Waals surface area contributed by atoms with Crippen molar-refractivity contribution in [1.82, 2.24) is 10.3 Å². The number of piperidine rings is 1. The molecule has 1 aromatic heterocycles. The summed E-state index contributed by atoms with van der Waals surface area (Å²) in [6.07, 6.45) is 6.93. The summed E-state index contributed by atoms with van der Waals surface area (Å²) in [6.45, 7) is 2.12. The van der Waals surface area contributed by atoms with Gasteiger partial charge in [-0.3, -0.25) is 4.98 Å². The van der Waals surface area contributed by atoms with Crippen LogP contribution in [-0.2, 0) is 0 Å². The van der Waals surface area contributed by atoms with Gasteiger partial charge >= 0.3 is 0 Å². The molecule has 4 heteroatoms. The van der Waals surface area contributed by atoms with E-state index in [0.717, 1.165) is 41.9 Å². The second-order valence-corrected chi connectivity index (χ2v) is 5.61. The van der Waals surface area contributed by atoms with Crippen molar-refractivity contribution in [2.45, 2.75) is 31.7 Å². The monoisotopic (exact) mass is 285 g/mol. The lowest BCUT2D eigenvalue weighted by Gasteiger charge is -2.23. The van der Waals surface area contributed by atoms with E-state index in [0.29, 0.717) is 6.04 Å². The van der Waals surface area contributed by atoms with Crippen molar-refractivity contribution in [2.24, 2.45) is 0 Å². The minimum atomic E-state index is 0.649. The van der Waals surface area contributed by atoms with Gasteiger partial charge in [-0.2, -0.15) is 0 Å². The van der Waals surface area contributed by atoms with Gasteiger partial charge in [-0.1, -0.05) is 12.5 Å². The third-order valence-corrected chi connectivity index (χ3v) is 4.13. The molecule has 0 radical (unpaired) electrons. The van der Waals surface area contributed by atoms with Gasteiger partial charge in [-0.05, 0) is 37.9 Å². The summed E-state index contributed by atoms with van der Waals surface area (Å²) < 4.78 is 5.38. The number of nitrogens with one attached hydrogen (secondary N) is 2. The average Bonchev–Trinajstić information content (AvgIpc) is 2.55. The number of aromatic nitrogens is 1. The highest BCUT2D eigenvalue weighted by Gasteiger charge is 2.12. The van der Waals surface area contributed by atoms with Crippen LogP contribution in [-0.4, -0.2) is 31.2 Å². The quantitative estimate of drug-likeness (QED) is 0.885. The van der Waals surface area contributed by atoms with Crippen LogP contribution in [0.4, 0.5) is 5.69 Å². The van der Waals surface area contributed by atoms with Crippen LogP contribution in [0.15, 0.2) is 30.5 Å². The molecule has 112 valence electrons. The Morgan fingerprint density at radius 2 is 2.33 bits per heavy atom. The first-order chi connectivity index (χ1) is 10.4. The van der Waals surface area contributed by atoms with Crippen LogP contribution in [0.25, 0.3) is 10.9 Å². The van der Waals surface area contributed by atoms with Gasteiger partial charge in [0.25, 0.3) is 0 Å². The molecule has 3 rings (SSSR count). The van der Waals surface area contributed by atoms with Gasteiger partial charge in [0.05, 0.1) is 18.3 Å². The molecular weight excluding hydrogens is 262 g/mol. The second kappa shape index (κ2) is 6.76. The van der Waals surface area contributed by atoms with Gasteiger partial charge in [0.2, 0.25) is 0 Å². The van der Waals surface area contributed by atoms with Crippen LogP contribution in [0.5, 0.6) is 5.75 Å². The largest absolute Gasteiger partial charge is 0.497 e. The molecule has 0 aliphatic carbocycles. The van der Waals surface area contributed by atoms with Gasteiger partial charge in [-0.25, -0.2) is 0 Å². The highest BCUT2D eigenvalue weighted by Crippen LogP contribution is 2.27. The molecule has 2 aromatic rings. The normalized spacial score (nSPS) is 18.6. The Hall–Kier alpha value is -1.81. The molecule has 0 saturated carbocycles. The highest BCUT2D eigenvalue weighted by atomic mass is 16.5. The summed E-state index contributed by atoms with van der Waals surface area (Å²) >= 11 is 0. The molecule has 2 N–H and O–H groups in total. The van der Waals surface area contributed by atoms with E-state index in [1.807, 2.05) is 24.4 Å². The fraction of sp³-hybridized carbons (Fsp3) is 0.471. The summed E-state index contributed by atoms with van der Waals surface area (Å²) in [5.74, 6) is 0.869. The Labute approximate surface area is 125 Å². The molecule has 1 unspecified atom stereocenters. The smallest absolute Gasteiger partial charge is 0.121 e. The van der Waals surface area contributed by atoms with E-state index in [2.05, 4.69) is 21.7 Å². The lowest BCUT2D eigenvalue weighted by atomic mass is 10.0. The highest BCUT2D eigenvalue weighted by molar-refractivity contribution is 5.91. The molecule has 1 atom stereocenters. The van der Waals surface area contributed by atoms with Crippen LogP contribution in [0.1, 0.15) is 25.7 Å². The number of methoxy groups -OCH3 is 1. The number of ether oxygens (including phenoxy) is 1. The number of hydrogen-bond donors (Lipinski definition) is 2. The molecule has 1 aromatic carbocycles. The van der Waals surface area contributed by atoms with Crippen molar-refractivity contribution < 1.29 is 4.74 Å². The Morgan fingerprint density at radius 1 is 1.38 bits per heavy atom. The minimum Gasteiger partial charge on any atom is -0.497 e. The topological polar surface area (TPSA) is 46.2 Å². The van der Waals surface area contributed by atoms with Crippen LogP contribution in [0, 0.1) is 0 Å². The number of benzene rings is 1. The third-order valence-electron chi connectivity index (χ3n) is 4.13. The standard InChI is InChI=1S/C17H23N3O/c1-21-15-11-13-5-4-9-20-17(13)16(12-15)19-10-7-14-6-2-3-8-18-14/h4-5,9,11-12,14,18-19H,2-3,6-8,10H2,1H3. The van der Waals surface area contributed by atoms with Crippen LogP contribution in [0.2, 0.25) is 0 Å². The molecule has 21 heavy (non-hydrogen) atoms. The van der Waals surface area contributed by atoms with E-state index in [4.69, 9.17) is 4.74 Å². The molecule has 0 amide bonds. The lowest BCUT2D eigenvalue weighted by Crippen LogP contribution is -2.35. The Balaban J connectivity index is 1.70. The number of fused-ring (bicyclic) bond motifs is 1. The predicted molar refractivity (Wildman–Crippen MR) is 87.0 cm³/mol. The van der Waals surface area contributed by atoms with E-state index in [1.54, 1.807) is 7.11 Å². The van der Waals surface area contributed by atoms with Crippen LogP contribution in [0.3, 0.4) is 0 Å². The van der Waals surface area contributed by atoms with Crippen LogP contribution < -0.4 is 15.4 Å². The number of anilines is 1. The van der Waals surface area contributed by atoms with Crippen LogP contribution >= 0.6 is 0 Å². The molecular formula is C17H23N3O. The van der Waals surface area contributed by atoms with E-state index in [-0.39, 0.29) is 0 Å². The first-order valence-corrected chi connectivity index (χ1v) is 7.77. The molecule has 1 aliphatic rings. The zero-order valence-corrected chi connectivity index (χ0v) is 12.6. The predicted octanol–water partition coefficient (Wildman–Crippen LogP) is 3.19. The SMILES string of the molecule is COc1cc(NCCC2CCCCN2)c2ncccc2c1. The first-order valence-electron chi connectivity index (χ1n) is 7.77. The van der Waals surface area contributed by atoms with Crippen molar-refractivity contribution in [3.05, 3.63) is 30.5 Å². The zero-order valence-electron chi connectivity index (χ0n) is 12.6. The fourth-order valence-electron chi connectivity index (χ4n) is 2.97. The number of pyridine rings is 1. The molecule has 0 bridgehead atoms. The number of hydrogen-bond acceptors (Lipinski definition) is 4. The lowest BCUT2D eigenvalue weighted by molar-refractivity contribution is 0.389. The van der Waals surface area contributed by atoms with Gasteiger partial charge in [0.15, 0.2) is 0 Å². The first kappa shape index (κ1) is 14.1. The molecule has 1 saturated heterocycles. The Bertz CT molecular complexity index is 594. The van der Waals surface area contributed by atoms with E-state index in [9.17, 15) is 0 Å². The Kier molecular flexibility index (Phi) is 4.55. The van der Waals surface area contributed by atoms with E-state index < -0.39 is 0 Å². The number of nitrogens with zero attached hydrogens (tertiary/aromatic N) is 1. The molecule has 4 nitrogen and oxygen atoms in total. The maximum atomic E-state index is 5.38. The second-order valence-electron chi connectivity index (χ2n) is 5.61. The molecule has 1 fully saturated rings. The van der Waals surface area contributed by atoms with Gasteiger partial charge in [-0.15, -0.1) is 0 Å². The van der Waals surface area contributed by atoms with Gasteiger partial charge in [0.1, 0.15) is 5.75 Å². The average molecular weight is 285 g/mol. The van der Waals surface area contributed by atoms with Crippen molar-refractivity contribution in [3.8, 4) is 5.75 Å². The zero-order chi connectivity index (χ0) is 14.5. The van der Waals surface area contributed by atoms with Crippen molar-refractivity contribution in [3.63, 3.8) is 0 Å². The fourth-order valence-corrected chi connectivity index (χ4v) is 2.97. The van der Waals surface area contributed by atoms with Gasteiger partial charge in [0, 0.05) is 30.2 Å². The maximum Gasteiger partial charge on any atom is 0.121 e. The molecule has 0 spiro atoms. The summed E-state index contributed by atoms with van der Waals surface area (Å²) in [5, 5.41) is 8.22. The molecule has 2 heterocycles. The van der Waals surface area contributed by atoms with Crippen molar-refractivity contribution >= 4 is 16.6 Å². The molecule has 1 aliphatic heterocycles. The minimum absolute atomic E-state index is 0.649. The third kappa shape index (κ3) is 3.45. The number of rotatable bonds is 5. The summed E-state index contributed by atoms with van der Waals surface area (Å²) in [4.78, 5) is 4.49. The van der Waals surface area contributed by atoms with Gasteiger partial charge < -0.3 is 15.4 Å². The summed E-state index contributed by atoms with van der Waals surface area (Å²) in [5.41, 5.74) is 2.07. The summed E-state index contributed by atoms with van der Waals surface area (Å²) in [6, 6.07) is 8.73.